The Kier molecular flexibility index (Phi) is 1.96. The van der Waals surface area contributed by atoms with Gasteiger partial charge in [-0.3, -0.25) is 0 Å². The highest BCUT2D eigenvalue weighted by atomic mass is 19.1. The summed E-state index contributed by atoms with van der Waals surface area (Å²) in [6.45, 7) is 0. The van der Waals surface area contributed by atoms with Crippen molar-refractivity contribution in [2.45, 2.75) is 0 Å². The zero-order valence-corrected chi connectivity index (χ0v) is 7.13. The molecule has 2 aromatic rings. The largest absolute Gasteiger partial charge is 0.464 e. The number of hydrogen-bond acceptors (Lipinski definition) is 2. The number of nitrogens with two attached hydrogens (primary N) is 1. The summed E-state index contributed by atoms with van der Waals surface area (Å²) < 4.78 is 31.3. The minimum Gasteiger partial charge on any atom is -0.464 e. The second-order valence-electron chi connectivity index (χ2n) is 2.83. The van der Waals surface area contributed by atoms with Gasteiger partial charge in [0, 0.05) is 6.07 Å². The first-order chi connectivity index (χ1) is 6.68. The molecule has 1 aromatic carbocycles. The van der Waals surface area contributed by atoms with Gasteiger partial charge in [-0.1, -0.05) is 0 Å². The molecular formula is C10H7F2NO. The van der Waals surface area contributed by atoms with Crippen LogP contribution in [0.2, 0.25) is 0 Å². The average molecular weight is 195 g/mol. The van der Waals surface area contributed by atoms with E-state index in [9.17, 15) is 8.78 Å². The normalized spacial score (nSPS) is 10.4. The molecule has 0 atom stereocenters. The summed E-state index contributed by atoms with van der Waals surface area (Å²) in [7, 11) is 0. The van der Waals surface area contributed by atoms with E-state index in [1.807, 2.05) is 0 Å². The molecule has 0 saturated heterocycles. The van der Waals surface area contributed by atoms with Crippen LogP contribution >= 0.6 is 0 Å². The monoisotopic (exact) mass is 195 g/mol. The van der Waals surface area contributed by atoms with Crippen LogP contribution in [0.5, 0.6) is 0 Å². The van der Waals surface area contributed by atoms with Crippen molar-refractivity contribution in [1.29, 1.82) is 0 Å². The van der Waals surface area contributed by atoms with E-state index in [0.717, 1.165) is 12.1 Å². The molecule has 0 fully saturated rings. The van der Waals surface area contributed by atoms with Gasteiger partial charge in [-0.05, 0) is 18.2 Å². The molecule has 0 spiro atoms. The molecule has 2 rings (SSSR count). The Morgan fingerprint density at radius 1 is 1.14 bits per heavy atom. The van der Waals surface area contributed by atoms with Crippen molar-refractivity contribution in [3.63, 3.8) is 0 Å². The van der Waals surface area contributed by atoms with E-state index in [1.54, 1.807) is 12.1 Å². The fourth-order valence-corrected chi connectivity index (χ4v) is 1.18. The highest BCUT2D eigenvalue weighted by molar-refractivity contribution is 5.61. The standard InChI is InChI=1S/C10H7F2NO/c11-7-5-9(13)8(12)4-6(7)10-2-1-3-14-10/h1-5H,13H2. The number of furan rings is 1. The third kappa shape index (κ3) is 1.35. The Balaban J connectivity index is 2.60. The summed E-state index contributed by atoms with van der Waals surface area (Å²) >= 11 is 0. The van der Waals surface area contributed by atoms with Gasteiger partial charge in [-0.25, -0.2) is 8.78 Å². The van der Waals surface area contributed by atoms with Crippen LogP contribution in [0, 0.1) is 11.6 Å². The molecule has 0 aliphatic carbocycles. The van der Waals surface area contributed by atoms with Crippen molar-refractivity contribution in [3.8, 4) is 11.3 Å². The maximum absolute atomic E-state index is 13.3. The summed E-state index contributed by atoms with van der Waals surface area (Å²) in [6, 6.07) is 5.10. The Morgan fingerprint density at radius 3 is 2.57 bits per heavy atom. The maximum atomic E-state index is 13.3. The molecule has 1 aromatic heterocycles. The number of hydrogen-bond donors (Lipinski definition) is 1. The Labute approximate surface area is 79.0 Å². The van der Waals surface area contributed by atoms with E-state index in [-0.39, 0.29) is 17.0 Å². The van der Waals surface area contributed by atoms with Crippen molar-refractivity contribution in [2.24, 2.45) is 0 Å². The number of rotatable bonds is 1. The lowest BCUT2D eigenvalue weighted by atomic mass is 10.1. The Morgan fingerprint density at radius 2 is 1.93 bits per heavy atom. The lowest BCUT2D eigenvalue weighted by molar-refractivity contribution is 0.564. The average Bonchev–Trinajstić information content (AvgIpc) is 2.64. The molecule has 0 unspecified atom stereocenters. The lowest BCUT2D eigenvalue weighted by Crippen LogP contribution is -1.93. The van der Waals surface area contributed by atoms with Gasteiger partial charge in [0.15, 0.2) is 0 Å². The maximum Gasteiger partial charge on any atom is 0.147 e. The Hall–Kier alpha value is -1.84. The molecule has 1 heterocycles. The first-order valence-corrected chi connectivity index (χ1v) is 3.97. The molecule has 14 heavy (non-hydrogen) atoms. The molecular weight excluding hydrogens is 188 g/mol. The zero-order chi connectivity index (χ0) is 10.1. The molecule has 0 radical (unpaired) electrons. The second-order valence-corrected chi connectivity index (χ2v) is 2.83. The fraction of sp³-hybridized carbons (Fsp3) is 0. The molecule has 0 aliphatic heterocycles. The van der Waals surface area contributed by atoms with E-state index in [4.69, 9.17) is 10.2 Å². The highest BCUT2D eigenvalue weighted by Gasteiger charge is 2.11. The molecule has 4 heteroatoms. The fourth-order valence-electron chi connectivity index (χ4n) is 1.18. The molecule has 2 N–H and O–H groups in total. The molecule has 2 nitrogen and oxygen atoms in total. The Bertz CT molecular complexity index is 451. The molecule has 72 valence electrons. The van der Waals surface area contributed by atoms with E-state index in [1.165, 1.54) is 6.26 Å². The van der Waals surface area contributed by atoms with Crippen LogP contribution < -0.4 is 5.73 Å². The number of anilines is 1. The summed E-state index contributed by atoms with van der Waals surface area (Å²) in [5.41, 5.74) is 5.06. The van der Waals surface area contributed by atoms with Gasteiger partial charge in [0.2, 0.25) is 0 Å². The topological polar surface area (TPSA) is 39.2 Å². The van der Waals surface area contributed by atoms with Gasteiger partial charge in [-0.15, -0.1) is 0 Å². The van der Waals surface area contributed by atoms with E-state index < -0.39 is 11.6 Å². The van der Waals surface area contributed by atoms with Crippen LogP contribution in [0.1, 0.15) is 0 Å². The van der Waals surface area contributed by atoms with E-state index in [2.05, 4.69) is 0 Å². The highest BCUT2D eigenvalue weighted by Crippen LogP contribution is 2.26. The van der Waals surface area contributed by atoms with E-state index >= 15 is 0 Å². The molecule has 0 saturated carbocycles. The van der Waals surface area contributed by atoms with Gasteiger partial charge >= 0.3 is 0 Å². The van der Waals surface area contributed by atoms with Gasteiger partial charge < -0.3 is 10.2 Å². The summed E-state index contributed by atoms with van der Waals surface area (Å²) in [5, 5.41) is 0. The first kappa shape index (κ1) is 8.74. The summed E-state index contributed by atoms with van der Waals surface area (Å²) in [6.07, 6.45) is 1.39. The first-order valence-electron chi connectivity index (χ1n) is 3.97. The van der Waals surface area contributed by atoms with Gasteiger partial charge in [-0.2, -0.15) is 0 Å². The zero-order valence-electron chi connectivity index (χ0n) is 7.13. The van der Waals surface area contributed by atoms with Crippen LogP contribution in [0.15, 0.2) is 34.9 Å². The van der Waals surface area contributed by atoms with Crippen LogP contribution in [-0.4, -0.2) is 0 Å². The van der Waals surface area contributed by atoms with Crippen molar-refractivity contribution >= 4 is 5.69 Å². The third-order valence-electron chi connectivity index (χ3n) is 1.87. The summed E-state index contributed by atoms with van der Waals surface area (Å²) in [5.74, 6) is -0.974. The van der Waals surface area contributed by atoms with Crippen LogP contribution in [0.4, 0.5) is 14.5 Å². The molecule has 0 amide bonds. The number of nitrogen functional groups attached to an aromatic ring is 1. The minimum absolute atomic E-state index is 0.0710. The smallest absolute Gasteiger partial charge is 0.147 e. The van der Waals surface area contributed by atoms with Crippen molar-refractivity contribution in [3.05, 3.63) is 42.2 Å². The predicted molar refractivity (Wildman–Crippen MR) is 48.5 cm³/mol. The van der Waals surface area contributed by atoms with Crippen molar-refractivity contribution in [2.75, 3.05) is 5.73 Å². The number of benzene rings is 1. The number of halogens is 2. The molecule has 0 aliphatic rings. The van der Waals surface area contributed by atoms with Crippen LogP contribution in [0.3, 0.4) is 0 Å². The van der Waals surface area contributed by atoms with E-state index in [0.29, 0.717) is 0 Å². The van der Waals surface area contributed by atoms with Crippen LogP contribution in [0.25, 0.3) is 11.3 Å². The van der Waals surface area contributed by atoms with Gasteiger partial charge in [0.1, 0.15) is 17.4 Å². The van der Waals surface area contributed by atoms with Gasteiger partial charge in [0.05, 0.1) is 17.5 Å². The third-order valence-corrected chi connectivity index (χ3v) is 1.87. The lowest BCUT2D eigenvalue weighted by Gasteiger charge is -2.01. The van der Waals surface area contributed by atoms with Crippen LogP contribution in [-0.2, 0) is 0 Å². The quantitative estimate of drug-likeness (QED) is 0.710. The van der Waals surface area contributed by atoms with Gasteiger partial charge in [0.25, 0.3) is 0 Å². The predicted octanol–water partition coefficient (Wildman–Crippen LogP) is 2.81. The second kappa shape index (κ2) is 3.14. The summed E-state index contributed by atoms with van der Waals surface area (Å²) in [4.78, 5) is 0. The minimum atomic E-state index is -0.655. The van der Waals surface area contributed by atoms with Crippen molar-refractivity contribution in [1.82, 2.24) is 0 Å². The SMILES string of the molecule is Nc1cc(F)c(-c2ccco2)cc1F. The molecule has 0 bridgehead atoms. The van der Waals surface area contributed by atoms with Crippen molar-refractivity contribution < 1.29 is 13.2 Å².